The summed E-state index contributed by atoms with van der Waals surface area (Å²) >= 11 is 1.44. The van der Waals surface area contributed by atoms with E-state index in [0.717, 1.165) is 34.6 Å². The lowest BCUT2D eigenvalue weighted by molar-refractivity contribution is -0.119. The quantitative estimate of drug-likeness (QED) is 0.378. The van der Waals surface area contributed by atoms with E-state index in [1.54, 1.807) is 6.20 Å². The van der Waals surface area contributed by atoms with Gasteiger partial charge in [-0.05, 0) is 62.4 Å². The molecule has 1 amide bonds. The van der Waals surface area contributed by atoms with Crippen molar-refractivity contribution in [2.24, 2.45) is 0 Å². The molecule has 0 aliphatic heterocycles. The van der Waals surface area contributed by atoms with Gasteiger partial charge in [-0.15, -0.1) is 0 Å². The first kappa shape index (κ1) is 22.1. The zero-order valence-corrected chi connectivity index (χ0v) is 19.5. The summed E-state index contributed by atoms with van der Waals surface area (Å²) in [4.78, 5) is 17.0. The number of carbonyl (C=O) groups excluding carboxylic acids is 1. The minimum Gasteiger partial charge on any atom is -0.353 e. The molecule has 0 radical (unpaired) electrons. The van der Waals surface area contributed by atoms with Crippen LogP contribution in [0.15, 0.2) is 72.0 Å². The maximum Gasteiger partial charge on any atom is 0.230 e. The molecule has 0 spiro atoms. The Kier molecular flexibility index (Phi) is 6.90. The topological polar surface area (TPSA) is 59.3 Å². The predicted molar refractivity (Wildman–Crippen MR) is 131 cm³/mol. The number of amides is 1. The number of hydrogen-bond acceptors (Lipinski definition) is 4. The van der Waals surface area contributed by atoms with E-state index in [4.69, 9.17) is 5.10 Å². The summed E-state index contributed by atoms with van der Waals surface area (Å²) in [5.74, 6) is 0.347. The molecular weight excluding hydrogens is 416 g/mol. The van der Waals surface area contributed by atoms with Crippen molar-refractivity contribution < 1.29 is 4.79 Å². The smallest absolute Gasteiger partial charge is 0.230 e. The monoisotopic (exact) mass is 444 g/mol. The number of aryl methyl sites for hydroxylation is 3. The van der Waals surface area contributed by atoms with Gasteiger partial charge in [-0.2, -0.15) is 5.10 Å². The predicted octanol–water partition coefficient (Wildman–Crippen LogP) is 5.24. The summed E-state index contributed by atoms with van der Waals surface area (Å²) in [6, 6.07) is 18.9. The summed E-state index contributed by atoms with van der Waals surface area (Å²) in [5.41, 5.74) is 6.69. The maximum absolute atomic E-state index is 12.5. The van der Waals surface area contributed by atoms with Crippen molar-refractivity contribution in [3.63, 3.8) is 0 Å². The van der Waals surface area contributed by atoms with Crippen LogP contribution in [0, 0.1) is 13.8 Å². The van der Waals surface area contributed by atoms with E-state index in [2.05, 4.69) is 61.4 Å². The number of nitrogens with zero attached hydrogens (tertiary/aromatic N) is 3. The van der Waals surface area contributed by atoms with Gasteiger partial charge in [-0.1, -0.05) is 54.2 Å². The normalized spacial score (nSPS) is 12.1. The van der Waals surface area contributed by atoms with Crippen molar-refractivity contribution in [1.82, 2.24) is 19.9 Å². The van der Waals surface area contributed by atoms with E-state index < -0.39 is 0 Å². The highest BCUT2D eigenvalue weighted by Crippen LogP contribution is 2.27. The van der Waals surface area contributed by atoms with Gasteiger partial charge in [0.05, 0.1) is 17.0 Å². The van der Waals surface area contributed by atoms with E-state index >= 15 is 0 Å². The van der Waals surface area contributed by atoms with Crippen LogP contribution in [0.5, 0.6) is 0 Å². The molecule has 0 saturated heterocycles. The Hall–Kier alpha value is -3.12. The Labute approximate surface area is 193 Å². The molecule has 32 heavy (non-hydrogen) atoms. The van der Waals surface area contributed by atoms with E-state index in [-0.39, 0.29) is 11.9 Å². The molecule has 2 aromatic heterocycles. The Morgan fingerprint density at radius 2 is 1.91 bits per heavy atom. The summed E-state index contributed by atoms with van der Waals surface area (Å²) in [6.07, 6.45) is 5.44. The van der Waals surface area contributed by atoms with Crippen molar-refractivity contribution in [2.75, 3.05) is 5.75 Å². The third-order valence-electron chi connectivity index (χ3n) is 5.61. The molecule has 1 atom stereocenters. The van der Waals surface area contributed by atoms with Crippen LogP contribution < -0.4 is 5.32 Å². The summed E-state index contributed by atoms with van der Waals surface area (Å²) in [7, 11) is 0. The van der Waals surface area contributed by atoms with Crippen molar-refractivity contribution in [3.8, 4) is 11.3 Å². The minimum atomic E-state index is 0.0215. The first-order valence-corrected chi connectivity index (χ1v) is 11.9. The average molecular weight is 445 g/mol. The van der Waals surface area contributed by atoms with Gasteiger partial charge in [0.25, 0.3) is 0 Å². The molecule has 5 nitrogen and oxygen atoms in total. The van der Waals surface area contributed by atoms with E-state index in [0.29, 0.717) is 5.75 Å². The van der Waals surface area contributed by atoms with Crippen LogP contribution in [-0.4, -0.2) is 32.3 Å². The largest absolute Gasteiger partial charge is 0.353 e. The van der Waals surface area contributed by atoms with E-state index in [1.165, 1.54) is 28.5 Å². The molecule has 4 rings (SSSR count). The number of aromatic nitrogens is 3. The van der Waals surface area contributed by atoms with Crippen LogP contribution in [0.2, 0.25) is 0 Å². The summed E-state index contributed by atoms with van der Waals surface area (Å²) in [6.45, 7) is 6.27. The molecule has 0 aliphatic rings. The molecular formula is C26H28N4OS. The fraction of sp³-hybridized carbons (Fsp3) is 0.269. The summed E-state index contributed by atoms with van der Waals surface area (Å²) in [5, 5.41) is 8.61. The lowest BCUT2D eigenvalue weighted by Gasteiger charge is -2.13. The highest BCUT2D eigenvalue weighted by molar-refractivity contribution is 8.00. The van der Waals surface area contributed by atoms with Crippen LogP contribution in [0.1, 0.15) is 30.0 Å². The number of benzene rings is 2. The third kappa shape index (κ3) is 5.37. The fourth-order valence-corrected chi connectivity index (χ4v) is 4.39. The van der Waals surface area contributed by atoms with Crippen molar-refractivity contribution in [1.29, 1.82) is 0 Å². The van der Waals surface area contributed by atoms with Gasteiger partial charge in [-0.3, -0.25) is 4.79 Å². The maximum atomic E-state index is 12.5. The molecule has 0 unspecified atom stereocenters. The van der Waals surface area contributed by atoms with Crippen LogP contribution in [-0.2, 0) is 11.2 Å². The lowest BCUT2D eigenvalue weighted by Crippen LogP contribution is -2.34. The Morgan fingerprint density at radius 1 is 1.09 bits per heavy atom. The molecule has 4 aromatic rings. The van der Waals surface area contributed by atoms with Crippen LogP contribution in [0.25, 0.3) is 16.8 Å². The van der Waals surface area contributed by atoms with Crippen molar-refractivity contribution in [2.45, 2.75) is 44.7 Å². The highest BCUT2D eigenvalue weighted by atomic mass is 32.2. The highest BCUT2D eigenvalue weighted by Gasteiger charge is 2.13. The van der Waals surface area contributed by atoms with Gasteiger partial charge >= 0.3 is 0 Å². The Balaban J connectivity index is 1.38. The SMILES string of the molecule is Cc1ccc(-c2cc3c(SCC(=O)N[C@@H](C)CCc4ccccc4)nccn3n2)cc1C. The molecule has 0 aliphatic carbocycles. The third-order valence-corrected chi connectivity index (χ3v) is 6.61. The second-order valence-corrected chi connectivity index (χ2v) is 9.14. The first-order chi connectivity index (χ1) is 15.5. The van der Waals surface area contributed by atoms with Crippen LogP contribution in [0.3, 0.4) is 0 Å². The molecule has 0 bridgehead atoms. The number of fused-ring (bicyclic) bond motifs is 1. The molecule has 6 heteroatoms. The Bertz CT molecular complexity index is 1220. The number of thioether (sulfide) groups is 1. The summed E-state index contributed by atoms with van der Waals surface area (Å²) < 4.78 is 1.83. The van der Waals surface area contributed by atoms with Crippen LogP contribution >= 0.6 is 11.8 Å². The number of carbonyl (C=O) groups is 1. The van der Waals surface area contributed by atoms with Gasteiger partial charge in [0, 0.05) is 24.0 Å². The van der Waals surface area contributed by atoms with E-state index in [9.17, 15) is 4.79 Å². The zero-order valence-electron chi connectivity index (χ0n) is 18.7. The minimum absolute atomic E-state index is 0.0215. The van der Waals surface area contributed by atoms with Gasteiger partial charge in [-0.25, -0.2) is 9.50 Å². The molecule has 2 heterocycles. The molecule has 0 saturated carbocycles. The fourth-order valence-electron chi connectivity index (χ4n) is 3.60. The molecule has 1 N–H and O–H groups in total. The van der Waals surface area contributed by atoms with Crippen LogP contribution in [0.4, 0.5) is 0 Å². The Morgan fingerprint density at radius 3 is 2.69 bits per heavy atom. The van der Waals surface area contributed by atoms with Gasteiger partial charge in [0.1, 0.15) is 5.03 Å². The van der Waals surface area contributed by atoms with Crippen molar-refractivity contribution in [3.05, 3.63) is 83.7 Å². The number of hydrogen-bond donors (Lipinski definition) is 1. The number of rotatable bonds is 8. The lowest BCUT2D eigenvalue weighted by atomic mass is 10.0. The van der Waals surface area contributed by atoms with Gasteiger partial charge in [0.2, 0.25) is 5.91 Å². The molecule has 2 aromatic carbocycles. The standard InChI is InChI=1S/C26H28N4OS/c1-18-9-12-22(15-19(18)2)23-16-24-26(27-13-14-30(24)29-23)32-17-25(31)28-20(3)10-11-21-7-5-4-6-8-21/h4-9,12-16,20H,10-11,17H2,1-3H3,(H,28,31)/t20-/m0/s1. The van der Waals surface area contributed by atoms with Gasteiger partial charge < -0.3 is 5.32 Å². The second-order valence-electron chi connectivity index (χ2n) is 8.17. The van der Waals surface area contributed by atoms with Gasteiger partial charge in [0.15, 0.2) is 0 Å². The number of nitrogens with one attached hydrogen (secondary N) is 1. The average Bonchev–Trinajstić information content (AvgIpc) is 3.24. The zero-order chi connectivity index (χ0) is 22.5. The molecule has 0 fully saturated rings. The first-order valence-electron chi connectivity index (χ1n) is 10.9. The van der Waals surface area contributed by atoms with E-state index in [1.807, 2.05) is 35.0 Å². The van der Waals surface area contributed by atoms with Crippen molar-refractivity contribution >= 4 is 23.2 Å². The molecule has 164 valence electrons. The second kappa shape index (κ2) is 10.0.